The van der Waals surface area contributed by atoms with Crippen molar-refractivity contribution in [1.29, 1.82) is 0 Å². The number of aromatic hydroxyl groups is 1. The van der Waals surface area contributed by atoms with Crippen molar-refractivity contribution in [1.82, 2.24) is 4.57 Å². The van der Waals surface area contributed by atoms with Gasteiger partial charge in [0.1, 0.15) is 0 Å². The summed E-state index contributed by atoms with van der Waals surface area (Å²) in [4.78, 5) is 24.6. The molecular weight excluding hydrogens is 361 g/mol. The fraction of sp³-hybridized carbons (Fsp3) is 0.222. The van der Waals surface area contributed by atoms with Crippen molar-refractivity contribution in [3.8, 4) is 10.8 Å². The van der Waals surface area contributed by atoms with Crippen LogP contribution in [0.1, 0.15) is 27.9 Å². The highest BCUT2D eigenvalue weighted by molar-refractivity contribution is 7.15. The lowest BCUT2D eigenvalue weighted by Crippen LogP contribution is -2.13. The summed E-state index contributed by atoms with van der Waals surface area (Å²) in [5.41, 5.74) is 0.965. The number of halogens is 1. The molecule has 0 aliphatic carbocycles. The molecule has 2 heterocycles. The summed E-state index contributed by atoms with van der Waals surface area (Å²) in [6.07, 6.45) is -0.345. The van der Waals surface area contributed by atoms with Crippen LogP contribution in [0.4, 0.5) is 4.39 Å². The second kappa shape index (κ2) is 6.80. The van der Waals surface area contributed by atoms with Gasteiger partial charge in [0, 0.05) is 17.1 Å². The highest BCUT2D eigenvalue weighted by Crippen LogP contribution is 2.33. The van der Waals surface area contributed by atoms with E-state index in [0.29, 0.717) is 33.2 Å². The third kappa shape index (κ3) is 3.03. The van der Waals surface area contributed by atoms with Crippen LogP contribution in [0.25, 0.3) is 10.9 Å². The minimum atomic E-state index is -1.09. The molecule has 0 radical (unpaired) electrons. The number of hydrogen-bond donors (Lipinski definition) is 2. The van der Waals surface area contributed by atoms with Crippen molar-refractivity contribution < 1.29 is 28.9 Å². The number of phenols is 1. The first-order chi connectivity index (χ1) is 12.3. The lowest BCUT2D eigenvalue weighted by Gasteiger charge is -2.06. The van der Waals surface area contributed by atoms with Gasteiger partial charge in [0.05, 0.1) is 23.4 Å². The van der Waals surface area contributed by atoms with Gasteiger partial charge in [-0.25, -0.2) is 4.39 Å². The van der Waals surface area contributed by atoms with E-state index < -0.39 is 23.4 Å². The molecule has 3 aromatic rings. The number of carbonyl (C=O) groups excluding carboxylic acids is 1. The fourth-order valence-corrected chi connectivity index (χ4v) is 3.73. The summed E-state index contributed by atoms with van der Waals surface area (Å²) in [6.45, 7) is 3.90. The van der Waals surface area contributed by atoms with Gasteiger partial charge in [0.2, 0.25) is 0 Å². The highest BCUT2D eigenvalue weighted by atomic mass is 32.1. The number of phenolic OH excluding ortho intramolecular Hbond substituents is 1. The molecule has 0 saturated carbocycles. The van der Waals surface area contributed by atoms with Gasteiger partial charge in [-0.05, 0) is 37.6 Å². The Labute approximate surface area is 152 Å². The van der Waals surface area contributed by atoms with E-state index in [0.717, 1.165) is 23.5 Å². The second-order valence-electron chi connectivity index (χ2n) is 5.65. The average molecular weight is 377 g/mol. The van der Waals surface area contributed by atoms with Crippen molar-refractivity contribution in [2.75, 3.05) is 6.61 Å². The molecule has 8 heteroatoms. The summed E-state index contributed by atoms with van der Waals surface area (Å²) in [6, 6.07) is 5.47. The number of rotatable bonds is 5. The Morgan fingerprint density at radius 1 is 1.31 bits per heavy atom. The lowest BCUT2D eigenvalue weighted by molar-refractivity contribution is -0.136. The minimum absolute atomic E-state index is 0.213. The molecular formula is C18H16FNO5S. The molecule has 0 unspecified atom stereocenters. The van der Waals surface area contributed by atoms with Crippen molar-refractivity contribution in [2.45, 2.75) is 20.3 Å². The van der Waals surface area contributed by atoms with Crippen molar-refractivity contribution >= 4 is 34.1 Å². The quantitative estimate of drug-likeness (QED) is 0.710. The molecule has 2 N–H and O–H groups in total. The Hall–Kier alpha value is -2.87. The first-order valence-electron chi connectivity index (χ1n) is 7.85. The average Bonchev–Trinajstić information content (AvgIpc) is 3.13. The second-order valence-corrected chi connectivity index (χ2v) is 6.69. The zero-order valence-electron chi connectivity index (χ0n) is 14.1. The van der Waals surface area contributed by atoms with Crippen LogP contribution in [-0.2, 0) is 11.2 Å². The smallest absolute Gasteiger partial charge is 0.307 e. The Kier molecular flexibility index (Phi) is 4.69. The van der Waals surface area contributed by atoms with Crippen LogP contribution >= 0.6 is 11.3 Å². The van der Waals surface area contributed by atoms with Crippen LogP contribution < -0.4 is 4.74 Å². The lowest BCUT2D eigenvalue weighted by atomic mass is 10.1. The van der Waals surface area contributed by atoms with Gasteiger partial charge >= 0.3 is 5.97 Å². The maximum absolute atomic E-state index is 13.9. The first kappa shape index (κ1) is 17.9. The Morgan fingerprint density at radius 2 is 2.04 bits per heavy atom. The van der Waals surface area contributed by atoms with E-state index in [-0.39, 0.29) is 11.9 Å². The molecule has 0 bridgehead atoms. The molecule has 3 rings (SSSR count). The van der Waals surface area contributed by atoms with Crippen LogP contribution in [0.5, 0.6) is 10.8 Å². The number of aromatic nitrogens is 1. The largest absolute Gasteiger partial charge is 0.505 e. The van der Waals surface area contributed by atoms with E-state index in [4.69, 9.17) is 9.84 Å². The number of benzene rings is 1. The van der Waals surface area contributed by atoms with Crippen LogP contribution in [0.15, 0.2) is 24.3 Å². The predicted octanol–water partition coefficient (Wildman–Crippen LogP) is 3.57. The molecule has 0 aliphatic rings. The van der Waals surface area contributed by atoms with Gasteiger partial charge in [-0.15, -0.1) is 0 Å². The molecule has 0 amide bonds. The summed E-state index contributed by atoms with van der Waals surface area (Å²) >= 11 is 1.16. The zero-order valence-corrected chi connectivity index (χ0v) is 14.9. The van der Waals surface area contributed by atoms with E-state index in [2.05, 4.69) is 0 Å². The molecule has 26 heavy (non-hydrogen) atoms. The standard InChI is InChI=1S/C18H16FNO5S/c1-3-25-17-5-4-15(26-17)18(24)20-9(2)10(7-16(22)23)11-6-14(21)12(19)8-13(11)20/h4-6,8,21H,3,7H2,1-2H3,(H,22,23). The van der Waals surface area contributed by atoms with Crippen molar-refractivity contribution in [2.24, 2.45) is 0 Å². The highest BCUT2D eigenvalue weighted by Gasteiger charge is 2.24. The SMILES string of the molecule is CCOc1ccc(C(=O)n2c(C)c(CC(=O)O)c3cc(O)c(F)cc32)s1. The molecule has 0 fully saturated rings. The molecule has 0 aliphatic heterocycles. The molecule has 6 nitrogen and oxygen atoms in total. The monoisotopic (exact) mass is 377 g/mol. The maximum Gasteiger partial charge on any atom is 0.307 e. The van der Waals surface area contributed by atoms with Crippen LogP contribution in [-0.4, -0.2) is 33.3 Å². The number of carboxylic acid groups (broad SMARTS) is 1. The Bertz CT molecular complexity index is 1020. The normalized spacial score (nSPS) is 11.0. The minimum Gasteiger partial charge on any atom is -0.505 e. The molecule has 0 atom stereocenters. The van der Waals surface area contributed by atoms with Gasteiger partial charge in [-0.1, -0.05) is 11.3 Å². The number of carboxylic acids is 1. The summed E-state index contributed by atoms with van der Waals surface area (Å²) in [5, 5.41) is 19.7. The van der Waals surface area contributed by atoms with Gasteiger partial charge in [0.25, 0.3) is 5.91 Å². The van der Waals surface area contributed by atoms with Crippen LogP contribution in [0.2, 0.25) is 0 Å². The fourth-order valence-electron chi connectivity index (χ4n) is 2.89. The molecule has 136 valence electrons. The number of fused-ring (bicyclic) bond motifs is 1. The number of hydrogen-bond acceptors (Lipinski definition) is 5. The Morgan fingerprint density at radius 3 is 2.69 bits per heavy atom. The molecule has 0 saturated heterocycles. The number of aliphatic carboxylic acids is 1. The topological polar surface area (TPSA) is 88.8 Å². The predicted molar refractivity (Wildman–Crippen MR) is 94.9 cm³/mol. The first-order valence-corrected chi connectivity index (χ1v) is 8.66. The summed E-state index contributed by atoms with van der Waals surface area (Å²) in [5.74, 6) is -2.97. The zero-order chi connectivity index (χ0) is 19.0. The Balaban J connectivity index is 2.20. The van der Waals surface area contributed by atoms with Crippen LogP contribution in [0, 0.1) is 12.7 Å². The van der Waals surface area contributed by atoms with Gasteiger partial charge < -0.3 is 14.9 Å². The number of carbonyl (C=O) groups is 2. The van der Waals surface area contributed by atoms with E-state index >= 15 is 0 Å². The van der Waals surface area contributed by atoms with Gasteiger partial charge in [-0.3, -0.25) is 14.2 Å². The van der Waals surface area contributed by atoms with Crippen molar-refractivity contribution in [3.63, 3.8) is 0 Å². The molecule has 0 spiro atoms. The molecule has 2 aromatic heterocycles. The molecule has 1 aromatic carbocycles. The number of nitrogens with zero attached hydrogens (tertiary/aromatic N) is 1. The maximum atomic E-state index is 13.9. The van der Waals surface area contributed by atoms with E-state index in [1.54, 1.807) is 19.1 Å². The third-order valence-electron chi connectivity index (χ3n) is 4.01. The van der Waals surface area contributed by atoms with Crippen molar-refractivity contribution in [3.05, 3.63) is 46.2 Å². The van der Waals surface area contributed by atoms with Gasteiger partial charge in [-0.2, -0.15) is 0 Å². The number of thiophene rings is 1. The number of ether oxygens (including phenoxy) is 1. The van der Waals surface area contributed by atoms with E-state index in [1.807, 2.05) is 6.92 Å². The van der Waals surface area contributed by atoms with E-state index in [1.165, 1.54) is 4.57 Å². The summed E-state index contributed by atoms with van der Waals surface area (Å²) in [7, 11) is 0. The van der Waals surface area contributed by atoms with Crippen LogP contribution in [0.3, 0.4) is 0 Å². The van der Waals surface area contributed by atoms with E-state index in [9.17, 15) is 19.1 Å². The van der Waals surface area contributed by atoms with Gasteiger partial charge in [0.15, 0.2) is 16.6 Å². The third-order valence-corrected chi connectivity index (χ3v) is 5.00. The summed E-state index contributed by atoms with van der Waals surface area (Å²) < 4.78 is 20.5.